The molecule has 0 heterocycles. The molecule has 0 saturated carbocycles. The molecule has 0 unspecified atom stereocenters. The molecule has 2 aromatic rings. The monoisotopic (exact) mass is 278 g/mol. The van der Waals surface area contributed by atoms with Gasteiger partial charge < -0.3 is 0 Å². The van der Waals surface area contributed by atoms with E-state index >= 15 is 0 Å². The lowest BCUT2D eigenvalue weighted by Gasteiger charge is -1.98. The van der Waals surface area contributed by atoms with Crippen molar-refractivity contribution in [1.82, 2.24) is 0 Å². The molecular weight excluding hydrogens is 252 g/mol. The van der Waals surface area contributed by atoms with Crippen molar-refractivity contribution in [2.75, 3.05) is 0 Å². The van der Waals surface area contributed by atoms with E-state index in [-0.39, 0.29) is 0 Å². The zero-order valence-electron chi connectivity index (χ0n) is 13.3. The molecule has 21 heavy (non-hydrogen) atoms. The van der Waals surface area contributed by atoms with Crippen LogP contribution >= 0.6 is 0 Å². The Kier molecular flexibility index (Phi) is 8.63. The highest BCUT2D eigenvalue weighted by molar-refractivity contribution is 5.17. The lowest BCUT2D eigenvalue weighted by Crippen LogP contribution is -1.83. The number of benzene rings is 2. The van der Waals surface area contributed by atoms with Crippen molar-refractivity contribution in [2.24, 2.45) is 0 Å². The highest BCUT2D eigenvalue weighted by atomic mass is 14.0. The van der Waals surface area contributed by atoms with Gasteiger partial charge in [0, 0.05) is 0 Å². The highest BCUT2D eigenvalue weighted by Crippen LogP contribution is 2.06. The minimum atomic E-state index is 1.05. The van der Waals surface area contributed by atoms with E-state index in [1.165, 1.54) is 16.7 Å². The fourth-order valence-corrected chi connectivity index (χ4v) is 1.87. The average Bonchev–Trinajstić information content (AvgIpc) is 2.53. The van der Waals surface area contributed by atoms with Crippen molar-refractivity contribution in [3.63, 3.8) is 0 Å². The Labute approximate surface area is 129 Å². The molecule has 0 N–H and O–H groups in total. The van der Waals surface area contributed by atoms with Gasteiger partial charge in [-0.2, -0.15) is 0 Å². The van der Waals surface area contributed by atoms with Gasteiger partial charge in [-0.3, -0.25) is 0 Å². The van der Waals surface area contributed by atoms with Crippen LogP contribution < -0.4 is 0 Å². The van der Waals surface area contributed by atoms with E-state index in [0.29, 0.717) is 0 Å². The second-order valence-electron chi connectivity index (χ2n) is 5.20. The Morgan fingerprint density at radius 2 is 1.43 bits per heavy atom. The summed E-state index contributed by atoms with van der Waals surface area (Å²) in [6.45, 7) is 7.99. The summed E-state index contributed by atoms with van der Waals surface area (Å²) in [7, 11) is 0. The Balaban J connectivity index is 0.000000211. The number of hydrogen-bond acceptors (Lipinski definition) is 0. The highest BCUT2D eigenvalue weighted by Gasteiger charge is 1.90. The molecule has 0 aliphatic rings. The summed E-state index contributed by atoms with van der Waals surface area (Å²) >= 11 is 0. The molecule has 0 bridgehead atoms. The molecule has 0 atom stereocenters. The zero-order chi connectivity index (χ0) is 15.3. The maximum Gasteiger partial charge on any atom is -0.00976 e. The van der Waals surface area contributed by atoms with Crippen molar-refractivity contribution in [3.8, 4) is 0 Å². The molecule has 0 aliphatic carbocycles. The van der Waals surface area contributed by atoms with Crippen LogP contribution in [-0.4, -0.2) is 0 Å². The van der Waals surface area contributed by atoms with Crippen LogP contribution in [-0.2, 0) is 12.8 Å². The average molecular weight is 278 g/mol. The van der Waals surface area contributed by atoms with Crippen LogP contribution in [0.15, 0.2) is 85.0 Å². The fourth-order valence-electron chi connectivity index (χ4n) is 1.87. The molecule has 110 valence electrons. The summed E-state index contributed by atoms with van der Waals surface area (Å²) in [4.78, 5) is 0. The third-order valence-electron chi connectivity index (χ3n) is 3.12. The van der Waals surface area contributed by atoms with E-state index in [1.54, 1.807) is 0 Å². The second kappa shape index (κ2) is 10.7. The van der Waals surface area contributed by atoms with Crippen LogP contribution in [0.5, 0.6) is 0 Å². The maximum absolute atomic E-state index is 3.87. The van der Waals surface area contributed by atoms with Crippen molar-refractivity contribution in [3.05, 3.63) is 96.1 Å². The van der Waals surface area contributed by atoms with Crippen LogP contribution in [0.4, 0.5) is 0 Å². The summed E-state index contributed by atoms with van der Waals surface area (Å²) < 4.78 is 0. The largest absolute Gasteiger partial charge is 0.100 e. The molecule has 0 amide bonds. The van der Waals surface area contributed by atoms with E-state index in [1.807, 2.05) is 19.1 Å². The standard InChI is InChI=1S/C11H14.C10H12/c1-10(2)8-9-11-6-4-3-5-7-11;1-2-3-7-10-8-5-4-6-9-10/h3-7H,1,8-9H2,2H3;2-6,8-9H,7H2,1H3. The Hall–Kier alpha value is -2.08. The molecule has 0 aliphatic heterocycles. The molecule has 0 aromatic heterocycles. The molecule has 2 rings (SSSR count). The minimum Gasteiger partial charge on any atom is -0.100 e. The van der Waals surface area contributed by atoms with Crippen LogP contribution in [0.3, 0.4) is 0 Å². The van der Waals surface area contributed by atoms with Crippen molar-refractivity contribution >= 4 is 0 Å². The number of allylic oxidation sites excluding steroid dienone is 3. The SMILES string of the molecule is C=C(C)CCc1ccccc1.CC=CCc1ccccc1. The fraction of sp³-hybridized carbons (Fsp3) is 0.238. The van der Waals surface area contributed by atoms with Gasteiger partial charge in [-0.25, -0.2) is 0 Å². The maximum atomic E-state index is 3.87. The Morgan fingerprint density at radius 1 is 0.905 bits per heavy atom. The lowest BCUT2D eigenvalue weighted by atomic mass is 10.1. The molecule has 0 heteroatoms. The van der Waals surface area contributed by atoms with E-state index in [2.05, 4.69) is 74.2 Å². The number of rotatable bonds is 5. The third-order valence-corrected chi connectivity index (χ3v) is 3.12. The first-order chi connectivity index (χ1) is 10.2. The second-order valence-corrected chi connectivity index (χ2v) is 5.20. The summed E-state index contributed by atoms with van der Waals surface area (Å²) in [5.74, 6) is 0. The molecule has 0 nitrogen and oxygen atoms in total. The minimum absolute atomic E-state index is 1.05. The van der Waals surface area contributed by atoms with Crippen molar-refractivity contribution < 1.29 is 0 Å². The van der Waals surface area contributed by atoms with Crippen LogP contribution in [0.25, 0.3) is 0 Å². The zero-order valence-corrected chi connectivity index (χ0v) is 13.3. The first-order valence-corrected chi connectivity index (χ1v) is 7.55. The molecule has 0 saturated heterocycles. The lowest BCUT2D eigenvalue weighted by molar-refractivity contribution is 0.946. The predicted octanol–water partition coefficient (Wildman–Crippen LogP) is 6.00. The van der Waals surface area contributed by atoms with E-state index in [0.717, 1.165) is 19.3 Å². The van der Waals surface area contributed by atoms with Gasteiger partial charge in [0.1, 0.15) is 0 Å². The molecule has 0 fully saturated rings. The Bertz CT molecular complexity index is 520. The van der Waals surface area contributed by atoms with Gasteiger partial charge in [0.05, 0.1) is 0 Å². The number of aryl methyl sites for hydroxylation is 1. The van der Waals surface area contributed by atoms with Crippen LogP contribution in [0.1, 0.15) is 31.4 Å². The van der Waals surface area contributed by atoms with Crippen molar-refractivity contribution in [1.29, 1.82) is 0 Å². The third kappa shape index (κ3) is 8.65. The first-order valence-electron chi connectivity index (χ1n) is 7.55. The van der Waals surface area contributed by atoms with Gasteiger partial charge in [-0.05, 0) is 44.2 Å². The van der Waals surface area contributed by atoms with Crippen LogP contribution in [0, 0.1) is 0 Å². The van der Waals surface area contributed by atoms with Crippen molar-refractivity contribution in [2.45, 2.75) is 33.1 Å². The van der Waals surface area contributed by atoms with Gasteiger partial charge in [0.25, 0.3) is 0 Å². The quantitative estimate of drug-likeness (QED) is 0.588. The topological polar surface area (TPSA) is 0 Å². The molecule has 0 radical (unpaired) electrons. The Morgan fingerprint density at radius 3 is 1.90 bits per heavy atom. The van der Waals surface area contributed by atoms with Gasteiger partial charge >= 0.3 is 0 Å². The molecule has 2 aromatic carbocycles. The predicted molar refractivity (Wildman–Crippen MR) is 94.5 cm³/mol. The van der Waals surface area contributed by atoms with E-state index in [9.17, 15) is 0 Å². The van der Waals surface area contributed by atoms with Gasteiger partial charge in [0.15, 0.2) is 0 Å². The number of hydrogen-bond donors (Lipinski definition) is 0. The van der Waals surface area contributed by atoms with Crippen LogP contribution in [0.2, 0.25) is 0 Å². The summed E-state index contributed by atoms with van der Waals surface area (Å²) in [5, 5.41) is 0. The van der Waals surface area contributed by atoms with Gasteiger partial charge in [-0.15, -0.1) is 6.58 Å². The summed E-state index contributed by atoms with van der Waals surface area (Å²) in [5.41, 5.74) is 4.03. The summed E-state index contributed by atoms with van der Waals surface area (Å²) in [6, 6.07) is 21.0. The van der Waals surface area contributed by atoms with E-state index < -0.39 is 0 Å². The van der Waals surface area contributed by atoms with E-state index in [4.69, 9.17) is 0 Å². The molecular formula is C21H26. The smallest absolute Gasteiger partial charge is 0.00976 e. The molecule has 0 spiro atoms. The summed E-state index contributed by atoms with van der Waals surface area (Å²) in [6.07, 6.45) is 7.51. The van der Waals surface area contributed by atoms with Gasteiger partial charge in [-0.1, -0.05) is 78.4 Å². The van der Waals surface area contributed by atoms with Gasteiger partial charge in [0.2, 0.25) is 0 Å². The normalized spacial score (nSPS) is 10.0. The first kappa shape index (κ1) is 17.0.